The molecular weight excluding hydrogens is 412 g/mol. The summed E-state index contributed by atoms with van der Waals surface area (Å²) in [6.45, 7) is 1.14. The van der Waals surface area contributed by atoms with E-state index in [4.69, 9.17) is 40.0 Å². The third kappa shape index (κ3) is 5.10. The second kappa shape index (κ2) is 10.1. The zero-order chi connectivity index (χ0) is 21.5. The minimum atomic E-state index is -0.507. The summed E-state index contributed by atoms with van der Waals surface area (Å²) in [5.74, 6) is 2.03. The molecule has 0 saturated heterocycles. The first-order valence-corrected chi connectivity index (χ1v) is 9.66. The van der Waals surface area contributed by atoms with Crippen molar-refractivity contribution in [3.05, 3.63) is 46.5 Å². The highest BCUT2D eigenvalue weighted by Gasteiger charge is 2.16. The fourth-order valence-corrected chi connectivity index (χ4v) is 3.22. The zero-order valence-corrected chi connectivity index (χ0v) is 17.8. The zero-order valence-electron chi connectivity index (χ0n) is 17.0. The SMILES string of the molecule is COc1cc(/C=C/C(=O)OCc2cc(Cl)c3c(c2)OCCCO3)cc(OC)c1OC. The summed E-state index contributed by atoms with van der Waals surface area (Å²) in [4.78, 5) is 12.2. The second-order valence-corrected chi connectivity index (χ2v) is 6.76. The van der Waals surface area contributed by atoms with Crippen molar-refractivity contribution in [3.63, 3.8) is 0 Å². The van der Waals surface area contributed by atoms with Crippen molar-refractivity contribution < 1.29 is 33.2 Å². The average molecular weight is 435 g/mol. The van der Waals surface area contributed by atoms with Gasteiger partial charge < -0.3 is 28.4 Å². The summed E-state index contributed by atoms with van der Waals surface area (Å²) in [5.41, 5.74) is 1.40. The molecule has 0 radical (unpaired) electrons. The molecule has 0 spiro atoms. The summed E-state index contributed by atoms with van der Waals surface area (Å²) >= 11 is 6.26. The van der Waals surface area contributed by atoms with Crippen molar-refractivity contribution in [1.29, 1.82) is 0 Å². The average Bonchev–Trinajstić information content (AvgIpc) is 3.01. The van der Waals surface area contributed by atoms with Crippen molar-refractivity contribution >= 4 is 23.6 Å². The number of benzene rings is 2. The summed E-state index contributed by atoms with van der Waals surface area (Å²) < 4.78 is 32.5. The van der Waals surface area contributed by atoms with E-state index in [2.05, 4.69) is 0 Å². The van der Waals surface area contributed by atoms with Crippen molar-refractivity contribution in [2.24, 2.45) is 0 Å². The number of carbonyl (C=O) groups is 1. The maximum atomic E-state index is 12.2. The van der Waals surface area contributed by atoms with E-state index >= 15 is 0 Å². The fourth-order valence-electron chi connectivity index (χ4n) is 2.93. The highest BCUT2D eigenvalue weighted by molar-refractivity contribution is 6.32. The summed E-state index contributed by atoms with van der Waals surface area (Å²) in [6, 6.07) is 6.93. The lowest BCUT2D eigenvalue weighted by molar-refractivity contribution is -0.138. The molecule has 0 atom stereocenters. The van der Waals surface area contributed by atoms with E-state index in [0.29, 0.717) is 58.1 Å². The number of carbonyl (C=O) groups excluding carboxylic acids is 1. The van der Waals surface area contributed by atoms with Crippen molar-refractivity contribution in [1.82, 2.24) is 0 Å². The largest absolute Gasteiger partial charge is 0.493 e. The van der Waals surface area contributed by atoms with Crippen LogP contribution in [-0.2, 0) is 16.1 Å². The Morgan fingerprint density at radius 1 is 1.03 bits per heavy atom. The number of fused-ring (bicyclic) bond motifs is 1. The second-order valence-electron chi connectivity index (χ2n) is 6.36. The molecule has 160 valence electrons. The normalized spacial score (nSPS) is 12.9. The Morgan fingerprint density at radius 3 is 2.40 bits per heavy atom. The standard InChI is InChI=1S/C22H23ClO7/c1-25-17-10-14(11-18(26-2)22(17)27-3)5-6-20(24)30-13-15-9-16(23)21-19(12-15)28-7-4-8-29-21/h5-6,9-12H,4,7-8,13H2,1-3H3/b6-5+. The van der Waals surface area contributed by atoms with Gasteiger partial charge in [-0.2, -0.15) is 0 Å². The third-order valence-electron chi connectivity index (χ3n) is 4.34. The van der Waals surface area contributed by atoms with Gasteiger partial charge in [0.05, 0.1) is 39.6 Å². The predicted octanol–water partition coefficient (Wildman–Crippen LogP) is 4.28. The minimum absolute atomic E-state index is 0.0504. The summed E-state index contributed by atoms with van der Waals surface area (Å²) in [5, 5.41) is 0.424. The van der Waals surface area contributed by atoms with Gasteiger partial charge in [-0.3, -0.25) is 0 Å². The number of rotatable bonds is 7. The van der Waals surface area contributed by atoms with Gasteiger partial charge in [-0.25, -0.2) is 4.79 Å². The topological polar surface area (TPSA) is 72.5 Å². The lowest BCUT2D eigenvalue weighted by Gasteiger charge is -2.13. The van der Waals surface area contributed by atoms with Crippen LogP contribution in [0.15, 0.2) is 30.3 Å². The maximum absolute atomic E-state index is 12.2. The van der Waals surface area contributed by atoms with Crippen LogP contribution >= 0.6 is 11.6 Å². The van der Waals surface area contributed by atoms with Gasteiger partial charge in [0, 0.05) is 12.5 Å². The van der Waals surface area contributed by atoms with Crippen LogP contribution in [0.4, 0.5) is 0 Å². The van der Waals surface area contributed by atoms with E-state index in [-0.39, 0.29) is 6.61 Å². The Labute approximate surface area is 180 Å². The van der Waals surface area contributed by atoms with Gasteiger partial charge in [0.1, 0.15) is 6.61 Å². The monoisotopic (exact) mass is 434 g/mol. The lowest BCUT2D eigenvalue weighted by atomic mass is 10.1. The first-order chi connectivity index (χ1) is 14.5. The Kier molecular flexibility index (Phi) is 7.30. The molecule has 8 heteroatoms. The van der Waals surface area contributed by atoms with E-state index in [1.807, 2.05) is 0 Å². The third-order valence-corrected chi connectivity index (χ3v) is 4.62. The summed E-state index contributed by atoms with van der Waals surface area (Å²) in [7, 11) is 4.58. The molecule has 2 aromatic carbocycles. The van der Waals surface area contributed by atoms with Crippen LogP contribution < -0.4 is 23.7 Å². The van der Waals surface area contributed by atoms with Gasteiger partial charge in [0.2, 0.25) is 5.75 Å². The van der Waals surface area contributed by atoms with Crippen LogP contribution in [0.5, 0.6) is 28.7 Å². The number of halogens is 1. The fraction of sp³-hybridized carbons (Fsp3) is 0.318. The number of hydrogen-bond donors (Lipinski definition) is 0. The van der Waals surface area contributed by atoms with Crippen LogP contribution in [0.25, 0.3) is 6.08 Å². The van der Waals surface area contributed by atoms with Gasteiger partial charge in [-0.15, -0.1) is 0 Å². The molecule has 0 saturated carbocycles. The van der Waals surface area contributed by atoms with Crippen molar-refractivity contribution in [2.45, 2.75) is 13.0 Å². The highest BCUT2D eigenvalue weighted by Crippen LogP contribution is 2.39. The van der Waals surface area contributed by atoms with Crippen LogP contribution in [0.3, 0.4) is 0 Å². The molecular formula is C22H23ClO7. The number of methoxy groups -OCH3 is 3. The molecule has 0 unspecified atom stereocenters. The van der Waals surface area contributed by atoms with Gasteiger partial charge in [-0.05, 0) is 41.5 Å². The Bertz CT molecular complexity index is 914. The van der Waals surface area contributed by atoms with Crippen LogP contribution in [0, 0.1) is 0 Å². The first kappa shape index (κ1) is 21.6. The molecule has 1 aliphatic heterocycles. The van der Waals surface area contributed by atoms with E-state index in [9.17, 15) is 4.79 Å². The molecule has 30 heavy (non-hydrogen) atoms. The first-order valence-electron chi connectivity index (χ1n) is 9.28. The van der Waals surface area contributed by atoms with Crippen molar-refractivity contribution in [2.75, 3.05) is 34.5 Å². The quantitative estimate of drug-likeness (QED) is 0.475. The van der Waals surface area contributed by atoms with E-state index in [1.165, 1.54) is 27.4 Å². The number of hydrogen-bond acceptors (Lipinski definition) is 7. The number of esters is 1. The molecule has 0 bridgehead atoms. The molecule has 0 amide bonds. The Morgan fingerprint density at radius 2 is 1.73 bits per heavy atom. The molecule has 7 nitrogen and oxygen atoms in total. The molecule has 0 fully saturated rings. The molecule has 2 aromatic rings. The smallest absolute Gasteiger partial charge is 0.331 e. The maximum Gasteiger partial charge on any atom is 0.331 e. The van der Waals surface area contributed by atoms with E-state index in [0.717, 1.165) is 6.42 Å². The van der Waals surface area contributed by atoms with Gasteiger partial charge >= 0.3 is 5.97 Å². The molecule has 1 heterocycles. The van der Waals surface area contributed by atoms with Gasteiger partial charge in [-0.1, -0.05) is 11.6 Å². The van der Waals surface area contributed by atoms with Crippen molar-refractivity contribution in [3.8, 4) is 28.7 Å². The molecule has 0 N–H and O–H groups in total. The molecule has 3 rings (SSSR count). The van der Waals surface area contributed by atoms with Crippen LogP contribution in [0.2, 0.25) is 5.02 Å². The predicted molar refractivity (Wildman–Crippen MR) is 112 cm³/mol. The Balaban J connectivity index is 1.67. The molecule has 0 aromatic heterocycles. The number of ether oxygens (including phenoxy) is 6. The minimum Gasteiger partial charge on any atom is -0.493 e. The van der Waals surface area contributed by atoms with Gasteiger partial charge in [0.25, 0.3) is 0 Å². The summed E-state index contributed by atoms with van der Waals surface area (Å²) in [6.07, 6.45) is 3.71. The van der Waals surface area contributed by atoms with Crippen LogP contribution in [0.1, 0.15) is 17.5 Å². The lowest BCUT2D eigenvalue weighted by Crippen LogP contribution is -2.02. The molecule has 0 aliphatic carbocycles. The van der Waals surface area contributed by atoms with Crippen LogP contribution in [-0.4, -0.2) is 40.5 Å². The van der Waals surface area contributed by atoms with E-state index in [1.54, 1.807) is 30.3 Å². The Hall–Kier alpha value is -3.06. The van der Waals surface area contributed by atoms with Gasteiger partial charge in [0.15, 0.2) is 23.0 Å². The highest BCUT2D eigenvalue weighted by atomic mass is 35.5. The molecule has 1 aliphatic rings. The van der Waals surface area contributed by atoms with E-state index < -0.39 is 5.97 Å².